The Hall–Kier alpha value is -2.13. The molecule has 1 saturated heterocycles. The first-order valence-corrected chi connectivity index (χ1v) is 8.79. The van der Waals surface area contributed by atoms with Crippen molar-refractivity contribution in [2.75, 3.05) is 13.1 Å². The summed E-state index contributed by atoms with van der Waals surface area (Å²) in [6.07, 6.45) is 3.18. The van der Waals surface area contributed by atoms with Gasteiger partial charge >= 0.3 is 0 Å². The molecule has 1 fully saturated rings. The molecule has 2 aromatic rings. The summed E-state index contributed by atoms with van der Waals surface area (Å²) in [5.41, 5.74) is 7.19. The first-order valence-electron chi connectivity index (χ1n) is 8.79. The highest BCUT2D eigenvalue weighted by atomic mass is 16.1. The van der Waals surface area contributed by atoms with Gasteiger partial charge in [0.05, 0.1) is 5.41 Å². The van der Waals surface area contributed by atoms with Crippen LogP contribution >= 0.6 is 0 Å². The van der Waals surface area contributed by atoms with Crippen LogP contribution in [-0.2, 0) is 10.2 Å². The van der Waals surface area contributed by atoms with E-state index in [1.165, 1.54) is 12.8 Å². The number of nitrogens with zero attached hydrogens (tertiary/aromatic N) is 1. The fourth-order valence-electron chi connectivity index (χ4n) is 3.94. The van der Waals surface area contributed by atoms with Crippen LogP contribution in [-0.4, -0.2) is 29.9 Å². The number of carbonyl (C=O) groups is 1. The Kier molecular flexibility index (Phi) is 5.00. The monoisotopic (exact) mass is 322 g/mol. The minimum atomic E-state index is -0.773. The van der Waals surface area contributed by atoms with Gasteiger partial charge in [-0.2, -0.15) is 0 Å². The summed E-state index contributed by atoms with van der Waals surface area (Å²) < 4.78 is 0. The maximum absolute atomic E-state index is 12.7. The minimum absolute atomic E-state index is 0.272. The Balaban J connectivity index is 2.00. The Bertz CT molecular complexity index is 629. The van der Waals surface area contributed by atoms with Gasteiger partial charge in [0.15, 0.2) is 0 Å². The molecule has 3 rings (SSSR count). The van der Waals surface area contributed by atoms with E-state index in [1.807, 2.05) is 60.7 Å². The molecule has 0 radical (unpaired) electrons. The number of likely N-dealkylation sites (tertiary alicyclic amines) is 1. The van der Waals surface area contributed by atoms with Gasteiger partial charge in [0.25, 0.3) is 0 Å². The highest BCUT2D eigenvalue weighted by molar-refractivity contribution is 5.90. The number of benzene rings is 2. The van der Waals surface area contributed by atoms with Gasteiger partial charge in [-0.15, -0.1) is 0 Å². The lowest BCUT2D eigenvalue weighted by Gasteiger charge is -2.34. The molecule has 3 heteroatoms. The molecule has 0 aliphatic carbocycles. The quantitative estimate of drug-likeness (QED) is 0.886. The molecule has 2 N–H and O–H groups in total. The van der Waals surface area contributed by atoms with Crippen LogP contribution in [0.2, 0.25) is 0 Å². The smallest absolute Gasteiger partial charge is 0.232 e. The van der Waals surface area contributed by atoms with Crippen LogP contribution < -0.4 is 5.73 Å². The van der Waals surface area contributed by atoms with E-state index in [1.54, 1.807) is 0 Å². The summed E-state index contributed by atoms with van der Waals surface area (Å²) in [5.74, 6) is -0.272. The molecule has 3 nitrogen and oxygen atoms in total. The molecular formula is C21H26N2O. The van der Waals surface area contributed by atoms with E-state index in [0.717, 1.165) is 24.2 Å². The summed E-state index contributed by atoms with van der Waals surface area (Å²) >= 11 is 0. The molecule has 0 saturated carbocycles. The van der Waals surface area contributed by atoms with Crippen LogP contribution in [0.1, 0.15) is 37.3 Å². The highest BCUT2D eigenvalue weighted by Gasteiger charge is 2.40. The molecule has 1 aliphatic heterocycles. The molecule has 1 aliphatic rings. The fraction of sp³-hybridized carbons (Fsp3) is 0.381. The Morgan fingerprint density at radius 1 is 1.08 bits per heavy atom. The zero-order valence-electron chi connectivity index (χ0n) is 14.3. The van der Waals surface area contributed by atoms with E-state index in [9.17, 15) is 4.79 Å². The number of nitrogens with two attached hydrogens (primary N) is 1. The number of rotatable bonds is 6. The van der Waals surface area contributed by atoms with E-state index >= 15 is 0 Å². The van der Waals surface area contributed by atoms with E-state index in [2.05, 4.69) is 11.8 Å². The average Bonchev–Trinajstić information content (AvgIpc) is 3.02. The molecule has 2 aromatic carbocycles. The number of primary amides is 1. The number of hydrogen-bond donors (Lipinski definition) is 1. The van der Waals surface area contributed by atoms with Crippen molar-refractivity contribution >= 4 is 5.91 Å². The Labute approximate surface area is 144 Å². The standard InChI is InChI=1S/C21H26N2O/c1-17-9-8-15-23(17)16-14-21(20(22)24,18-10-4-2-5-11-18)19-12-6-3-7-13-19/h2-7,10-13,17H,8-9,14-16H2,1H3,(H2,22,24)/t17-/m0/s1. The third-order valence-corrected chi connectivity index (χ3v) is 5.42. The van der Waals surface area contributed by atoms with Crippen LogP contribution in [0.3, 0.4) is 0 Å². The normalized spacial score (nSPS) is 18.6. The van der Waals surface area contributed by atoms with Crippen LogP contribution in [0.15, 0.2) is 60.7 Å². The van der Waals surface area contributed by atoms with Gasteiger partial charge in [0, 0.05) is 12.6 Å². The van der Waals surface area contributed by atoms with Gasteiger partial charge in [-0.3, -0.25) is 4.79 Å². The van der Waals surface area contributed by atoms with Gasteiger partial charge in [-0.1, -0.05) is 60.7 Å². The number of carbonyl (C=O) groups excluding carboxylic acids is 1. The van der Waals surface area contributed by atoms with E-state index < -0.39 is 5.41 Å². The predicted molar refractivity (Wildman–Crippen MR) is 97.7 cm³/mol. The molecule has 0 spiro atoms. The summed E-state index contributed by atoms with van der Waals surface area (Å²) in [5, 5.41) is 0. The Morgan fingerprint density at radius 3 is 2.04 bits per heavy atom. The molecule has 1 atom stereocenters. The minimum Gasteiger partial charge on any atom is -0.369 e. The zero-order chi connectivity index (χ0) is 17.0. The van der Waals surface area contributed by atoms with Gasteiger partial charge in [-0.05, 0) is 43.9 Å². The van der Waals surface area contributed by atoms with Crippen LogP contribution in [0.25, 0.3) is 0 Å². The molecule has 0 bridgehead atoms. The Morgan fingerprint density at radius 2 is 1.62 bits per heavy atom. The summed E-state index contributed by atoms with van der Waals surface area (Å²) in [6, 6.07) is 20.5. The SMILES string of the molecule is C[C@H]1CCCN1CCC(C(N)=O)(c1ccccc1)c1ccccc1. The lowest BCUT2D eigenvalue weighted by Crippen LogP contribution is -2.45. The third kappa shape index (κ3) is 3.09. The van der Waals surface area contributed by atoms with Gasteiger partial charge in [0.2, 0.25) is 5.91 Å². The molecular weight excluding hydrogens is 296 g/mol. The summed E-state index contributed by atoms with van der Waals surface area (Å²) in [7, 11) is 0. The summed E-state index contributed by atoms with van der Waals surface area (Å²) in [4.78, 5) is 15.2. The highest BCUT2D eigenvalue weighted by Crippen LogP contribution is 2.36. The molecule has 1 amide bonds. The van der Waals surface area contributed by atoms with Crippen LogP contribution in [0, 0.1) is 0 Å². The second-order valence-corrected chi connectivity index (χ2v) is 6.78. The second-order valence-electron chi connectivity index (χ2n) is 6.78. The van der Waals surface area contributed by atoms with Crippen molar-refractivity contribution < 1.29 is 4.79 Å². The third-order valence-electron chi connectivity index (χ3n) is 5.42. The van der Waals surface area contributed by atoms with Gasteiger partial charge < -0.3 is 10.6 Å². The molecule has 0 unspecified atom stereocenters. The van der Waals surface area contributed by atoms with E-state index in [-0.39, 0.29) is 5.91 Å². The maximum atomic E-state index is 12.7. The molecule has 126 valence electrons. The van der Waals surface area contributed by atoms with E-state index in [0.29, 0.717) is 12.5 Å². The van der Waals surface area contributed by atoms with Gasteiger partial charge in [0.1, 0.15) is 0 Å². The van der Waals surface area contributed by atoms with Gasteiger partial charge in [-0.25, -0.2) is 0 Å². The van der Waals surface area contributed by atoms with Crippen molar-refractivity contribution in [1.29, 1.82) is 0 Å². The number of amides is 1. The fourth-order valence-corrected chi connectivity index (χ4v) is 3.94. The first-order chi connectivity index (χ1) is 11.6. The number of hydrogen-bond acceptors (Lipinski definition) is 2. The predicted octanol–water partition coefficient (Wildman–Crippen LogP) is 3.33. The van der Waals surface area contributed by atoms with Crippen molar-refractivity contribution in [3.63, 3.8) is 0 Å². The van der Waals surface area contributed by atoms with Crippen molar-refractivity contribution in [2.24, 2.45) is 5.73 Å². The molecule has 0 aromatic heterocycles. The van der Waals surface area contributed by atoms with Crippen LogP contribution in [0.5, 0.6) is 0 Å². The average molecular weight is 322 g/mol. The van der Waals surface area contributed by atoms with Crippen molar-refractivity contribution in [3.05, 3.63) is 71.8 Å². The van der Waals surface area contributed by atoms with Crippen molar-refractivity contribution in [3.8, 4) is 0 Å². The van der Waals surface area contributed by atoms with Crippen molar-refractivity contribution in [1.82, 2.24) is 4.90 Å². The first kappa shape index (κ1) is 16.7. The lowest BCUT2D eigenvalue weighted by molar-refractivity contribution is -0.122. The molecule has 24 heavy (non-hydrogen) atoms. The second kappa shape index (κ2) is 7.18. The van der Waals surface area contributed by atoms with E-state index in [4.69, 9.17) is 5.73 Å². The van der Waals surface area contributed by atoms with Crippen molar-refractivity contribution in [2.45, 2.75) is 37.6 Å². The zero-order valence-corrected chi connectivity index (χ0v) is 14.3. The summed E-state index contributed by atoms with van der Waals surface area (Å²) in [6.45, 7) is 4.26. The molecule has 1 heterocycles. The topological polar surface area (TPSA) is 46.3 Å². The largest absolute Gasteiger partial charge is 0.369 e. The van der Waals surface area contributed by atoms with Crippen LogP contribution in [0.4, 0.5) is 0 Å². The lowest BCUT2D eigenvalue weighted by atomic mass is 9.71. The maximum Gasteiger partial charge on any atom is 0.232 e.